The average molecular weight is 368 g/mol. The van der Waals surface area contributed by atoms with Gasteiger partial charge in [0.2, 0.25) is 0 Å². The normalized spacial score (nSPS) is 21.6. The van der Waals surface area contributed by atoms with Gasteiger partial charge < -0.3 is 0 Å². The minimum absolute atomic E-state index is 0.800. The van der Waals surface area contributed by atoms with Gasteiger partial charge in [-0.2, -0.15) is 0 Å². The molecule has 1 aromatic carbocycles. The van der Waals surface area contributed by atoms with E-state index in [0.717, 1.165) is 27.3 Å². The Labute approximate surface area is 118 Å². The van der Waals surface area contributed by atoms with E-state index in [1.54, 1.807) is 0 Å². The highest BCUT2D eigenvalue weighted by molar-refractivity contribution is 9.10. The van der Waals surface area contributed by atoms with Crippen LogP contribution in [0.5, 0.6) is 0 Å². The molecule has 1 aliphatic heterocycles. The molecule has 1 fully saturated rings. The van der Waals surface area contributed by atoms with Crippen LogP contribution in [0.25, 0.3) is 0 Å². The van der Waals surface area contributed by atoms with Gasteiger partial charge in [-0.15, -0.1) is 0 Å². The second-order valence-corrected chi connectivity index (χ2v) is 6.25. The van der Waals surface area contributed by atoms with Gasteiger partial charge >= 0.3 is 0 Å². The molecular weight excluding hydrogens is 353 g/mol. The van der Waals surface area contributed by atoms with Crippen molar-refractivity contribution < 1.29 is 0 Å². The van der Waals surface area contributed by atoms with Crippen molar-refractivity contribution in [2.24, 2.45) is 5.92 Å². The van der Waals surface area contributed by atoms with Crippen molar-refractivity contribution in [3.05, 3.63) is 33.3 Å². The Morgan fingerprint density at radius 3 is 2.88 bits per heavy atom. The van der Waals surface area contributed by atoms with Gasteiger partial charge in [0.1, 0.15) is 0 Å². The number of nitrogens with zero attached hydrogens (tertiary/aromatic N) is 1. The van der Waals surface area contributed by atoms with Gasteiger partial charge in [0.25, 0.3) is 0 Å². The first-order chi connectivity index (χ1) is 7.69. The highest BCUT2D eigenvalue weighted by Crippen LogP contribution is 2.25. The third kappa shape index (κ3) is 3.22. The molecule has 0 bridgehead atoms. The maximum absolute atomic E-state index is 6.21. The lowest BCUT2D eigenvalue weighted by atomic mass is 10.2. The number of benzene rings is 1. The molecule has 1 aromatic rings. The molecule has 1 heterocycles. The molecule has 0 aliphatic carbocycles. The lowest BCUT2D eigenvalue weighted by molar-refractivity contribution is 0.321. The number of rotatable bonds is 3. The van der Waals surface area contributed by atoms with Crippen molar-refractivity contribution in [2.75, 3.05) is 18.4 Å². The second-order valence-electron chi connectivity index (χ2n) is 4.28. The van der Waals surface area contributed by atoms with Crippen LogP contribution in [0.4, 0.5) is 0 Å². The van der Waals surface area contributed by atoms with Crippen molar-refractivity contribution in [3.63, 3.8) is 0 Å². The fourth-order valence-corrected chi connectivity index (χ4v) is 3.33. The molecule has 0 saturated carbocycles. The predicted molar refractivity (Wildman–Crippen MR) is 76.3 cm³/mol. The standard InChI is InChI=1S/C12H14Br2ClN/c13-6-9-3-4-16(7-9)8-10-1-2-11(14)5-12(10)15/h1-2,5,9H,3-4,6-8H2. The molecule has 1 saturated heterocycles. The van der Waals surface area contributed by atoms with E-state index in [1.165, 1.54) is 25.1 Å². The minimum atomic E-state index is 0.800. The maximum Gasteiger partial charge on any atom is 0.0462 e. The van der Waals surface area contributed by atoms with Crippen molar-refractivity contribution in [3.8, 4) is 0 Å². The Balaban J connectivity index is 1.99. The number of halogens is 3. The quantitative estimate of drug-likeness (QED) is 0.719. The molecule has 1 nitrogen and oxygen atoms in total. The summed E-state index contributed by atoms with van der Waals surface area (Å²) in [6, 6.07) is 6.13. The smallest absolute Gasteiger partial charge is 0.0462 e. The van der Waals surface area contributed by atoms with Crippen LogP contribution in [-0.2, 0) is 6.54 Å². The van der Waals surface area contributed by atoms with E-state index in [2.05, 4.69) is 48.9 Å². The molecule has 0 radical (unpaired) electrons. The second kappa shape index (κ2) is 5.85. The monoisotopic (exact) mass is 365 g/mol. The van der Waals surface area contributed by atoms with Crippen LogP contribution in [-0.4, -0.2) is 23.3 Å². The summed E-state index contributed by atoms with van der Waals surface area (Å²) in [6.07, 6.45) is 1.29. The summed E-state index contributed by atoms with van der Waals surface area (Å²) in [6.45, 7) is 3.33. The molecule has 0 aromatic heterocycles. The van der Waals surface area contributed by atoms with Crippen LogP contribution in [0.2, 0.25) is 5.02 Å². The zero-order valence-corrected chi connectivity index (χ0v) is 12.9. The van der Waals surface area contributed by atoms with Gasteiger partial charge in [-0.3, -0.25) is 4.90 Å². The topological polar surface area (TPSA) is 3.24 Å². The largest absolute Gasteiger partial charge is 0.299 e. The molecule has 0 amide bonds. The van der Waals surface area contributed by atoms with E-state index in [4.69, 9.17) is 11.6 Å². The summed E-state index contributed by atoms with van der Waals surface area (Å²) < 4.78 is 1.04. The first-order valence-electron chi connectivity index (χ1n) is 5.41. The molecule has 1 aliphatic rings. The molecule has 4 heteroatoms. The van der Waals surface area contributed by atoms with E-state index in [0.29, 0.717) is 0 Å². The van der Waals surface area contributed by atoms with Crippen molar-refractivity contribution in [2.45, 2.75) is 13.0 Å². The Morgan fingerprint density at radius 1 is 1.44 bits per heavy atom. The van der Waals surface area contributed by atoms with Gasteiger partial charge in [-0.1, -0.05) is 49.5 Å². The van der Waals surface area contributed by atoms with Gasteiger partial charge in [-0.25, -0.2) is 0 Å². The molecular formula is C12H14Br2ClN. The van der Waals surface area contributed by atoms with E-state index < -0.39 is 0 Å². The molecule has 0 spiro atoms. The molecule has 0 N–H and O–H groups in total. The van der Waals surface area contributed by atoms with Crippen molar-refractivity contribution in [1.29, 1.82) is 0 Å². The summed E-state index contributed by atoms with van der Waals surface area (Å²) in [5.41, 5.74) is 1.22. The summed E-state index contributed by atoms with van der Waals surface area (Å²) >= 11 is 13.2. The van der Waals surface area contributed by atoms with Crippen molar-refractivity contribution in [1.82, 2.24) is 4.90 Å². The lowest BCUT2D eigenvalue weighted by Crippen LogP contribution is -2.20. The summed E-state index contributed by atoms with van der Waals surface area (Å²) in [7, 11) is 0. The van der Waals surface area contributed by atoms with Crippen LogP contribution in [0.1, 0.15) is 12.0 Å². The highest BCUT2D eigenvalue weighted by Gasteiger charge is 2.21. The highest BCUT2D eigenvalue weighted by atomic mass is 79.9. The Hall–Kier alpha value is 0.430. The lowest BCUT2D eigenvalue weighted by Gasteiger charge is -2.16. The number of hydrogen-bond acceptors (Lipinski definition) is 1. The van der Waals surface area contributed by atoms with Crippen molar-refractivity contribution >= 4 is 43.5 Å². The Bertz CT molecular complexity index is 370. The average Bonchev–Trinajstić information content (AvgIpc) is 2.70. The van der Waals surface area contributed by atoms with E-state index in [-0.39, 0.29) is 0 Å². The zero-order valence-electron chi connectivity index (χ0n) is 8.93. The van der Waals surface area contributed by atoms with Crippen LogP contribution in [0.15, 0.2) is 22.7 Å². The van der Waals surface area contributed by atoms with Gasteiger partial charge in [0, 0.05) is 27.9 Å². The van der Waals surface area contributed by atoms with Crippen LogP contribution in [0, 0.1) is 5.92 Å². The fourth-order valence-electron chi connectivity index (χ4n) is 2.07. The number of likely N-dealkylation sites (tertiary alicyclic amines) is 1. The molecule has 1 atom stereocenters. The van der Waals surface area contributed by atoms with Crippen LogP contribution < -0.4 is 0 Å². The van der Waals surface area contributed by atoms with E-state index in [9.17, 15) is 0 Å². The van der Waals surface area contributed by atoms with Crippen LogP contribution in [0.3, 0.4) is 0 Å². The number of hydrogen-bond donors (Lipinski definition) is 0. The Kier molecular flexibility index (Phi) is 4.71. The third-order valence-electron chi connectivity index (χ3n) is 3.00. The van der Waals surface area contributed by atoms with Gasteiger partial charge in [-0.05, 0) is 36.6 Å². The maximum atomic E-state index is 6.21. The van der Waals surface area contributed by atoms with Crippen LogP contribution >= 0.6 is 43.5 Å². The van der Waals surface area contributed by atoms with E-state index in [1.807, 2.05) is 6.07 Å². The third-order valence-corrected chi connectivity index (χ3v) is 4.76. The summed E-state index contributed by atoms with van der Waals surface area (Å²) in [5, 5.41) is 1.97. The van der Waals surface area contributed by atoms with Gasteiger partial charge in [0.15, 0.2) is 0 Å². The molecule has 2 rings (SSSR count). The Morgan fingerprint density at radius 2 is 2.25 bits per heavy atom. The number of alkyl halides is 1. The summed E-state index contributed by atoms with van der Waals surface area (Å²) in [5.74, 6) is 0.800. The molecule has 16 heavy (non-hydrogen) atoms. The SMILES string of the molecule is Clc1cc(Br)ccc1CN1CCC(CBr)C1. The predicted octanol–water partition coefficient (Wildman–Crippen LogP) is 4.32. The molecule has 1 unspecified atom stereocenters. The zero-order chi connectivity index (χ0) is 11.5. The minimum Gasteiger partial charge on any atom is -0.299 e. The fraction of sp³-hybridized carbons (Fsp3) is 0.500. The van der Waals surface area contributed by atoms with Gasteiger partial charge in [0.05, 0.1) is 0 Å². The first kappa shape index (κ1) is 12.9. The van der Waals surface area contributed by atoms with E-state index >= 15 is 0 Å². The first-order valence-corrected chi connectivity index (χ1v) is 7.70. The molecule has 88 valence electrons. The summed E-state index contributed by atoms with van der Waals surface area (Å²) in [4.78, 5) is 2.47.